The highest BCUT2D eigenvalue weighted by atomic mass is 79.9. The molecule has 4 nitrogen and oxygen atoms in total. The standard InChI is InChI=1S/C11H8BrNO3/c12-7-1-2-9-8(5-7)10(14)3-4-13(9)6-11(15)16/h1-5H,6H2,(H,15,16). The van der Waals surface area contributed by atoms with Crippen LogP contribution in [0.25, 0.3) is 10.9 Å². The van der Waals surface area contributed by atoms with Gasteiger partial charge in [-0.3, -0.25) is 9.59 Å². The number of carboxylic acids is 1. The van der Waals surface area contributed by atoms with E-state index in [0.717, 1.165) is 4.47 Å². The summed E-state index contributed by atoms with van der Waals surface area (Å²) in [4.78, 5) is 22.2. The van der Waals surface area contributed by atoms with Crippen molar-refractivity contribution in [2.75, 3.05) is 0 Å². The summed E-state index contributed by atoms with van der Waals surface area (Å²) in [6, 6.07) is 6.57. The second kappa shape index (κ2) is 4.09. The van der Waals surface area contributed by atoms with E-state index in [2.05, 4.69) is 15.9 Å². The van der Waals surface area contributed by atoms with Gasteiger partial charge in [0.15, 0.2) is 5.43 Å². The third-order valence-corrected chi connectivity index (χ3v) is 2.74. The molecule has 16 heavy (non-hydrogen) atoms. The first-order valence-electron chi connectivity index (χ1n) is 4.58. The molecule has 0 amide bonds. The number of carbonyl (C=O) groups is 1. The zero-order valence-corrected chi connectivity index (χ0v) is 9.77. The highest BCUT2D eigenvalue weighted by Gasteiger charge is 2.05. The van der Waals surface area contributed by atoms with E-state index < -0.39 is 5.97 Å². The molecule has 0 aliphatic carbocycles. The van der Waals surface area contributed by atoms with Crippen molar-refractivity contribution in [3.63, 3.8) is 0 Å². The van der Waals surface area contributed by atoms with Gasteiger partial charge in [-0.05, 0) is 18.2 Å². The van der Waals surface area contributed by atoms with Crippen LogP contribution in [0.4, 0.5) is 0 Å². The molecular weight excluding hydrogens is 274 g/mol. The lowest BCUT2D eigenvalue weighted by atomic mass is 10.2. The monoisotopic (exact) mass is 281 g/mol. The lowest BCUT2D eigenvalue weighted by molar-refractivity contribution is -0.137. The zero-order chi connectivity index (χ0) is 11.7. The molecule has 0 unspecified atom stereocenters. The van der Waals surface area contributed by atoms with E-state index >= 15 is 0 Å². The minimum absolute atomic E-state index is 0.113. The van der Waals surface area contributed by atoms with Crippen LogP contribution in [-0.2, 0) is 11.3 Å². The molecule has 82 valence electrons. The molecule has 1 aromatic heterocycles. The van der Waals surface area contributed by atoms with Gasteiger partial charge in [-0.15, -0.1) is 0 Å². The molecular formula is C11H8BrNO3. The average molecular weight is 282 g/mol. The van der Waals surface area contributed by atoms with Crippen molar-refractivity contribution < 1.29 is 9.90 Å². The average Bonchev–Trinajstić information content (AvgIpc) is 2.22. The van der Waals surface area contributed by atoms with Gasteiger partial charge in [-0.25, -0.2) is 0 Å². The Labute approximate surface area is 99.3 Å². The Bertz CT molecular complexity index is 618. The SMILES string of the molecule is O=C(O)Cn1ccc(=O)c2cc(Br)ccc21. The number of carboxylic acid groups (broad SMARTS) is 1. The van der Waals surface area contributed by atoms with Gasteiger partial charge in [0, 0.05) is 22.1 Å². The minimum atomic E-state index is -0.937. The minimum Gasteiger partial charge on any atom is -0.480 e. The lowest BCUT2D eigenvalue weighted by Crippen LogP contribution is -2.13. The van der Waals surface area contributed by atoms with E-state index in [4.69, 9.17) is 5.11 Å². The van der Waals surface area contributed by atoms with Crippen molar-refractivity contribution in [3.05, 3.63) is 45.2 Å². The number of fused-ring (bicyclic) bond motifs is 1. The van der Waals surface area contributed by atoms with Crippen LogP contribution < -0.4 is 5.43 Å². The molecule has 0 atom stereocenters. The highest BCUT2D eigenvalue weighted by Crippen LogP contribution is 2.16. The number of aromatic nitrogens is 1. The number of hydrogen-bond acceptors (Lipinski definition) is 2. The van der Waals surface area contributed by atoms with Crippen LogP contribution in [0, 0.1) is 0 Å². The molecule has 5 heteroatoms. The van der Waals surface area contributed by atoms with Crippen LogP contribution in [0.3, 0.4) is 0 Å². The van der Waals surface area contributed by atoms with Gasteiger partial charge in [-0.1, -0.05) is 15.9 Å². The van der Waals surface area contributed by atoms with Crippen LogP contribution in [0.15, 0.2) is 39.7 Å². The van der Waals surface area contributed by atoms with Gasteiger partial charge in [0.05, 0.1) is 5.52 Å². The molecule has 0 bridgehead atoms. The normalized spacial score (nSPS) is 10.6. The first kappa shape index (κ1) is 10.9. The largest absolute Gasteiger partial charge is 0.480 e. The number of hydrogen-bond donors (Lipinski definition) is 1. The summed E-state index contributed by atoms with van der Waals surface area (Å²) < 4.78 is 2.33. The quantitative estimate of drug-likeness (QED) is 0.914. The predicted molar refractivity (Wildman–Crippen MR) is 63.5 cm³/mol. The highest BCUT2D eigenvalue weighted by molar-refractivity contribution is 9.10. The van der Waals surface area contributed by atoms with Crippen molar-refractivity contribution in [2.24, 2.45) is 0 Å². The number of halogens is 1. The van der Waals surface area contributed by atoms with Crippen LogP contribution in [0.5, 0.6) is 0 Å². The Morgan fingerprint density at radius 2 is 2.12 bits per heavy atom. The molecule has 0 fully saturated rings. The van der Waals surface area contributed by atoms with E-state index in [9.17, 15) is 9.59 Å². The van der Waals surface area contributed by atoms with E-state index in [-0.39, 0.29) is 12.0 Å². The molecule has 0 aliphatic heterocycles. The fourth-order valence-corrected chi connectivity index (χ4v) is 1.93. The summed E-state index contributed by atoms with van der Waals surface area (Å²) >= 11 is 3.28. The van der Waals surface area contributed by atoms with Gasteiger partial charge >= 0.3 is 5.97 Å². The van der Waals surface area contributed by atoms with Gasteiger partial charge in [-0.2, -0.15) is 0 Å². The molecule has 1 aromatic carbocycles. The molecule has 0 radical (unpaired) electrons. The molecule has 0 saturated heterocycles. The Kier molecular flexibility index (Phi) is 2.78. The number of nitrogens with zero attached hydrogens (tertiary/aromatic N) is 1. The second-order valence-electron chi connectivity index (χ2n) is 3.36. The molecule has 0 aliphatic rings. The molecule has 2 aromatic rings. The zero-order valence-electron chi connectivity index (χ0n) is 8.18. The third kappa shape index (κ3) is 1.99. The number of pyridine rings is 1. The van der Waals surface area contributed by atoms with Gasteiger partial charge < -0.3 is 9.67 Å². The van der Waals surface area contributed by atoms with E-state index in [1.54, 1.807) is 18.2 Å². The van der Waals surface area contributed by atoms with Crippen LogP contribution >= 0.6 is 15.9 Å². The summed E-state index contributed by atoms with van der Waals surface area (Å²) in [5, 5.41) is 9.25. The second-order valence-corrected chi connectivity index (χ2v) is 4.28. The van der Waals surface area contributed by atoms with E-state index in [1.807, 2.05) is 0 Å². The maximum atomic E-state index is 11.6. The van der Waals surface area contributed by atoms with Crippen molar-refractivity contribution in [2.45, 2.75) is 6.54 Å². The van der Waals surface area contributed by atoms with Crippen LogP contribution in [0.1, 0.15) is 0 Å². The summed E-state index contributed by atoms with van der Waals surface area (Å²) in [7, 11) is 0. The molecule has 1 N–H and O–H groups in total. The third-order valence-electron chi connectivity index (χ3n) is 2.24. The fraction of sp³-hybridized carbons (Fsp3) is 0.0909. The lowest BCUT2D eigenvalue weighted by Gasteiger charge is -2.07. The molecule has 1 heterocycles. The van der Waals surface area contributed by atoms with E-state index in [0.29, 0.717) is 10.9 Å². The predicted octanol–water partition coefficient (Wildman–Crippen LogP) is 1.85. The Morgan fingerprint density at radius 3 is 2.81 bits per heavy atom. The summed E-state index contributed by atoms with van der Waals surface area (Å²) in [6.45, 7) is -0.154. The Hall–Kier alpha value is -1.62. The molecule has 0 saturated carbocycles. The van der Waals surface area contributed by atoms with Crippen molar-refractivity contribution >= 4 is 32.8 Å². The van der Waals surface area contributed by atoms with Gasteiger partial charge in [0.25, 0.3) is 0 Å². The van der Waals surface area contributed by atoms with Crippen molar-refractivity contribution in [1.82, 2.24) is 4.57 Å². The van der Waals surface area contributed by atoms with Gasteiger partial charge in [0.2, 0.25) is 0 Å². The van der Waals surface area contributed by atoms with E-state index in [1.165, 1.54) is 16.8 Å². The number of aliphatic carboxylic acids is 1. The topological polar surface area (TPSA) is 59.3 Å². The van der Waals surface area contributed by atoms with Crippen molar-refractivity contribution in [1.29, 1.82) is 0 Å². The van der Waals surface area contributed by atoms with Crippen LogP contribution in [0.2, 0.25) is 0 Å². The van der Waals surface area contributed by atoms with Crippen LogP contribution in [-0.4, -0.2) is 15.6 Å². The maximum Gasteiger partial charge on any atom is 0.323 e. The Morgan fingerprint density at radius 1 is 1.38 bits per heavy atom. The summed E-state index contributed by atoms with van der Waals surface area (Å²) in [6.07, 6.45) is 1.49. The van der Waals surface area contributed by atoms with Crippen molar-refractivity contribution in [3.8, 4) is 0 Å². The first-order valence-corrected chi connectivity index (χ1v) is 5.38. The fourth-order valence-electron chi connectivity index (χ4n) is 1.57. The molecule has 2 rings (SSSR count). The number of benzene rings is 1. The molecule has 0 spiro atoms. The Balaban J connectivity index is 2.74. The first-order chi connectivity index (χ1) is 7.58. The number of rotatable bonds is 2. The maximum absolute atomic E-state index is 11.6. The summed E-state index contributed by atoms with van der Waals surface area (Å²) in [5.41, 5.74) is 0.510. The summed E-state index contributed by atoms with van der Waals surface area (Å²) in [5.74, 6) is -0.937. The smallest absolute Gasteiger partial charge is 0.323 e. The van der Waals surface area contributed by atoms with Gasteiger partial charge in [0.1, 0.15) is 6.54 Å².